The van der Waals surface area contributed by atoms with Crippen molar-refractivity contribution in [3.05, 3.63) is 51.4 Å². The van der Waals surface area contributed by atoms with Gasteiger partial charge in [0.2, 0.25) is 10.9 Å². The van der Waals surface area contributed by atoms with E-state index in [-0.39, 0.29) is 18.0 Å². The summed E-state index contributed by atoms with van der Waals surface area (Å²) >= 11 is 1.36. The van der Waals surface area contributed by atoms with Crippen LogP contribution in [-0.2, 0) is 11.3 Å². The van der Waals surface area contributed by atoms with Crippen molar-refractivity contribution in [2.75, 3.05) is 11.9 Å². The van der Waals surface area contributed by atoms with E-state index in [1.54, 1.807) is 28.8 Å². The van der Waals surface area contributed by atoms with Crippen molar-refractivity contribution in [3.63, 3.8) is 0 Å². The molecule has 4 aromatic rings. The lowest BCUT2D eigenvalue weighted by Crippen LogP contribution is -2.23. The van der Waals surface area contributed by atoms with Crippen LogP contribution in [0.5, 0.6) is 5.75 Å². The van der Waals surface area contributed by atoms with Gasteiger partial charge in [-0.3, -0.25) is 9.59 Å². The van der Waals surface area contributed by atoms with Gasteiger partial charge in [-0.15, -0.1) is 0 Å². The second-order valence-electron chi connectivity index (χ2n) is 6.34. The normalized spacial score (nSPS) is 11.2. The number of hydrogen-bond donors (Lipinski definition) is 1. The number of hydrogen-bond acceptors (Lipinski definition) is 6. The second-order valence-corrected chi connectivity index (χ2v) is 7.50. The maximum atomic E-state index is 12.9. The van der Waals surface area contributed by atoms with Crippen LogP contribution in [0, 0.1) is 13.8 Å². The van der Waals surface area contributed by atoms with Gasteiger partial charge in [0.1, 0.15) is 22.8 Å². The van der Waals surface area contributed by atoms with Crippen LogP contribution in [0.2, 0.25) is 0 Å². The summed E-state index contributed by atoms with van der Waals surface area (Å²) in [6.07, 6.45) is 0. The Hall–Kier alpha value is -3.20. The standard InChI is InChI=1S/C19H19N5O3S/c1-4-27-14-7-5-13(6-8-14)20-16(25)10-23-11(2)9-15-17(23)18(26)24-19(21-15)28-12(3)22-24/h5-9H,4,10H2,1-3H3,(H,20,25). The third-order valence-corrected chi connectivity index (χ3v) is 5.13. The van der Waals surface area contributed by atoms with E-state index in [0.29, 0.717) is 28.3 Å². The molecule has 0 atom stereocenters. The molecule has 0 aliphatic carbocycles. The van der Waals surface area contributed by atoms with Crippen molar-refractivity contribution < 1.29 is 9.53 Å². The summed E-state index contributed by atoms with van der Waals surface area (Å²) in [5.41, 5.74) is 2.12. The number of rotatable bonds is 5. The van der Waals surface area contributed by atoms with Gasteiger partial charge < -0.3 is 14.6 Å². The number of amides is 1. The van der Waals surface area contributed by atoms with Crippen LogP contribution in [0.4, 0.5) is 5.69 Å². The van der Waals surface area contributed by atoms with Crippen LogP contribution < -0.4 is 15.6 Å². The first-order chi connectivity index (χ1) is 13.5. The number of carbonyl (C=O) groups is 1. The molecule has 0 saturated carbocycles. The summed E-state index contributed by atoms with van der Waals surface area (Å²) < 4.78 is 8.37. The number of nitrogens with one attached hydrogen (secondary N) is 1. The van der Waals surface area contributed by atoms with Gasteiger partial charge in [-0.25, -0.2) is 4.98 Å². The minimum Gasteiger partial charge on any atom is -0.494 e. The highest BCUT2D eigenvalue weighted by atomic mass is 32.1. The number of benzene rings is 1. The van der Waals surface area contributed by atoms with Gasteiger partial charge in [0, 0.05) is 11.4 Å². The summed E-state index contributed by atoms with van der Waals surface area (Å²) in [4.78, 5) is 30.5. The lowest BCUT2D eigenvalue weighted by Gasteiger charge is -2.10. The predicted octanol–water partition coefficient (Wildman–Crippen LogP) is 2.76. The van der Waals surface area contributed by atoms with E-state index >= 15 is 0 Å². The molecule has 0 fully saturated rings. The molecule has 1 aromatic carbocycles. The number of nitrogens with zero attached hydrogens (tertiary/aromatic N) is 4. The lowest BCUT2D eigenvalue weighted by molar-refractivity contribution is -0.116. The Labute approximate surface area is 164 Å². The number of aryl methyl sites for hydroxylation is 2. The second kappa shape index (κ2) is 7.08. The lowest BCUT2D eigenvalue weighted by atomic mass is 10.3. The maximum absolute atomic E-state index is 12.9. The molecule has 0 aliphatic heterocycles. The molecule has 0 saturated heterocycles. The van der Waals surface area contributed by atoms with Gasteiger partial charge in [0.05, 0.1) is 12.1 Å². The van der Waals surface area contributed by atoms with Gasteiger partial charge >= 0.3 is 0 Å². The summed E-state index contributed by atoms with van der Waals surface area (Å²) in [5, 5.41) is 7.82. The monoisotopic (exact) mass is 397 g/mol. The molecule has 1 amide bonds. The topological polar surface area (TPSA) is 90.5 Å². The van der Waals surface area contributed by atoms with Gasteiger partial charge in [-0.05, 0) is 51.1 Å². The fraction of sp³-hybridized carbons (Fsp3) is 0.263. The van der Waals surface area contributed by atoms with Crippen LogP contribution >= 0.6 is 11.3 Å². The van der Waals surface area contributed by atoms with E-state index < -0.39 is 0 Å². The zero-order chi connectivity index (χ0) is 19.8. The van der Waals surface area contributed by atoms with Gasteiger partial charge in [-0.2, -0.15) is 9.61 Å². The van der Waals surface area contributed by atoms with Gasteiger partial charge in [-0.1, -0.05) is 11.3 Å². The average molecular weight is 397 g/mol. The fourth-order valence-electron chi connectivity index (χ4n) is 3.10. The fourth-order valence-corrected chi connectivity index (χ4v) is 3.84. The van der Waals surface area contributed by atoms with Crippen LogP contribution in [0.3, 0.4) is 0 Å². The molecular formula is C19H19N5O3S. The van der Waals surface area contributed by atoms with Crippen molar-refractivity contribution in [1.82, 2.24) is 19.2 Å². The van der Waals surface area contributed by atoms with E-state index in [2.05, 4.69) is 15.4 Å². The van der Waals surface area contributed by atoms with Crippen molar-refractivity contribution in [3.8, 4) is 5.75 Å². The third kappa shape index (κ3) is 3.24. The van der Waals surface area contributed by atoms with Crippen LogP contribution in [0.1, 0.15) is 17.6 Å². The largest absolute Gasteiger partial charge is 0.494 e. The van der Waals surface area contributed by atoms with Gasteiger partial charge in [0.25, 0.3) is 5.56 Å². The van der Waals surface area contributed by atoms with E-state index in [0.717, 1.165) is 16.5 Å². The Morgan fingerprint density at radius 3 is 2.71 bits per heavy atom. The molecule has 0 aliphatic rings. The van der Waals surface area contributed by atoms with Crippen molar-refractivity contribution >= 4 is 38.9 Å². The minimum atomic E-state index is -0.272. The molecule has 3 heterocycles. The molecule has 144 valence electrons. The summed E-state index contributed by atoms with van der Waals surface area (Å²) in [7, 11) is 0. The molecule has 1 N–H and O–H groups in total. The molecule has 0 bridgehead atoms. The zero-order valence-electron chi connectivity index (χ0n) is 15.7. The van der Waals surface area contributed by atoms with Crippen molar-refractivity contribution in [1.29, 1.82) is 0 Å². The first-order valence-electron chi connectivity index (χ1n) is 8.85. The maximum Gasteiger partial charge on any atom is 0.299 e. The molecule has 28 heavy (non-hydrogen) atoms. The highest BCUT2D eigenvalue weighted by molar-refractivity contribution is 7.16. The van der Waals surface area contributed by atoms with Crippen LogP contribution in [0.15, 0.2) is 35.1 Å². The Kier molecular flexibility index (Phi) is 4.60. The molecule has 0 unspecified atom stereocenters. The number of anilines is 1. The smallest absolute Gasteiger partial charge is 0.299 e. The summed E-state index contributed by atoms with van der Waals surface area (Å²) in [5.74, 6) is 0.512. The number of ether oxygens (including phenoxy) is 1. The van der Waals surface area contributed by atoms with Crippen molar-refractivity contribution in [2.24, 2.45) is 0 Å². The Morgan fingerprint density at radius 1 is 1.25 bits per heavy atom. The molecule has 3 aromatic heterocycles. The van der Waals surface area contributed by atoms with Crippen molar-refractivity contribution in [2.45, 2.75) is 27.3 Å². The van der Waals surface area contributed by atoms with E-state index in [1.807, 2.05) is 26.8 Å². The quantitative estimate of drug-likeness (QED) is 0.559. The number of fused-ring (bicyclic) bond motifs is 2. The highest BCUT2D eigenvalue weighted by Crippen LogP contribution is 2.19. The Morgan fingerprint density at radius 2 is 2.00 bits per heavy atom. The minimum absolute atomic E-state index is 0.00858. The van der Waals surface area contributed by atoms with E-state index in [1.165, 1.54) is 15.9 Å². The van der Waals surface area contributed by atoms with Crippen LogP contribution in [0.25, 0.3) is 16.0 Å². The third-order valence-electron chi connectivity index (χ3n) is 4.31. The zero-order valence-corrected chi connectivity index (χ0v) is 16.5. The number of carbonyl (C=O) groups excluding carboxylic acids is 1. The predicted molar refractivity (Wildman–Crippen MR) is 108 cm³/mol. The Balaban J connectivity index is 1.63. The molecular weight excluding hydrogens is 378 g/mol. The molecule has 0 radical (unpaired) electrons. The van der Waals surface area contributed by atoms with Gasteiger partial charge in [0.15, 0.2) is 0 Å². The SMILES string of the molecule is CCOc1ccc(NC(=O)Cn2c(C)cc3nc4sc(C)nn4c(=O)c32)cc1. The number of aromatic nitrogens is 4. The Bertz CT molecular complexity index is 1240. The molecule has 8 nitrogen and oxygen atoms in total. The average Bonchev–Trinajstić information content (AvgIpc) is 3.17. The molecule has 0 spiro atoms. The summed E-state index contributed by atoms with van der Waals surface area (Å²) in [6.45, 7) is 6.18. The van der Waals surface area contributed by atoms with E-state index in [9.17, 15) is 9.59 Å². The van der Waals surface area contributed by atoms with Crippen LogP contribution in [-0.4, -0.2) is 31.7 Å². The highest BCUT2D eigenvalue weighted by Gasteiger charge is 2.17. The first kappa shape index (κ1) is 18.2. The first-order valence-corrected chi connectivity index (χ1v) is 9.67. The molecule has 9 heteroatoms. The molecule has 4 rings (SSSR count). The van der Waals surface area contributed by atoms with E-state index in [4.69, 9.17) is 4.74 Å². The summed E-state index contributed by atoms with van der Waals surface area (Å²) in [6, 6.07) is 8.97.